The highest BCUT2D eigenvalue weighted by atomic mass is 35.5. The number of benzene rings is 1. The Labute approximate surface area is 119 Å². The summed E-state index contributed by atoms with van der Waals surface area (Å²) >= 11 is 0. The maximum atomic E-state index is 13.3. The van der Waals surface area contributed by atoms with Crippen molar-refractivity contribution < 1.29 is 9.18 Å². The lowest BCUT2D eigenvalue weighted by molar-refractivity contribution is -0.116. The number of hydrogen-bond donors (Lipinski definition) is 2. The third kappa shape index (κ3) is 4.48. The Morgan fingerprint density at radius 1 is 1.53 bits per heavy atom. The summed E-state index contributed by atoms with van der Waals surface area (Å²) in [5.41, 5.74) is 1.07. The fraction of sp³-hybridized carbons (Fsp3) is 0.500. The molecule has 2 N–H and O–H groups in total. The van der Waals surface area contributed by atoms with Crippen LogP contribution >= 0.6 is 12.4 Å². The lowest BCUT2D eigenvalue weighted by Gasteiger charge is -2.10. The largest absolute Gasteiger partial charge is 0.326 e. The molecule has 5 heteroatoms. The van der Waals surface area contributed by atoms with E-state index in [2.05, 4.69) is 10.6 Å². The first kappa shape index (κ1) is 15.9. The van der Waals surface area contributed by atoms with Crippen molar-refractivity contribution in [1.82, 2.24) is 5.32 Å². The Bertz CT molecular complexity index is 433. The van der Waals surface area contributed by atoms with Gasteiger partial charge in [-0.15, -0.1) is 12.4 Å². The summed E-state index contributed by atoms with van der Waals surface area (Å²) in [5.74, 6) is 0.285. The molecule has 0 aliphatic carbocycles. The van der Waals surface area contributed by atoms with Crippen molar-refractivity contribution in [2.45, 2.75) is 26.2 Å². The first-order valence-electron chi connectivity index (χ1n) is 6.42. The van der Waals surface area contributed by atoms with Crippen LogP contribution in [0.5, 0.6) is 0 Å². The minimum absolute atomic E-state index is 0. The average Bonchev–Trinajstić information content (AvgIpc) is 2.86. The van der Waals surface area contributed by atoms with Crippen molar-refractivity contribution in [3.8, 4) is 0 Å². The molecule has 1 aliphatic heterocycles. The molecule has 0 saturated carbocycles. The lowest BCUT2D eigenvalue weighted by atomic mass is 10.0. The van der Waals surface area contributed by atoms with Gasteiger partial charge in [-0.1, -0.05) is 6.07 Å². The standard InChI is InChI=1S/C14H19FN2O.ClH/c1-10-12(15)3-2-4-13(10)17-14(18)6-5-11-7-8-16-9-11;/h2-4,11,16H,5-9H2,1H3,(H,17,18);1H. The molecule has 1 atom stereocenters. The number of anilines is 1. The normalized spacial score (nSPS) is 17.9. The van der Waals surface area contributed by atoms with E-state index in [-0.39, 0.29) is 24.1 Å². The van der Waals surface area contributed by atoms with Crippen molar-refractivity contribution in [3.05, 3.63) is 29.6 Å². The van der Waals surface area contributed by atoms with Crippen LogP contribution in [0.15, 0.2) is 18.2 Å². The highest BCUT2D eigenvalue weighted by Gasteiger charge is 2.16. The average molecular weight is 287 g/mol. The van der Waals surface area contributed by atoms with Gasteiger partial charge in [-0.05, 0) is 50.9 Å². The van der Waals surface area contributed by atoms with E-state index >= 15 is 0 Å². The van der Waals surface area contributed by atoms with Crippen molar-refractivity contribution in [2.24, 2.45) is 5.92 Å². The van der Waals surface area contributed by atoms with E-state index in [4.69, 9.17) is 0 Å². The Morgan fingerprint density at radius 2 is 2.32 bits per heavy atom. The molecule has 1 aliphatic rings. The second kappa shape index (κ2) is 7.46. The predicted molar refractivity (Wildman–Crippen MR) is 77.2 cm³/mol. The van der Waals surface area contributed by atoms with Gasteiger partial charge < -0.3 is 10.6 Å². The van der Waals surface area contributed by atoms with Gasteiger partial charge in [0.1, 0.15) is 5.82 Å². The van der Waals surface area contributed by atoms with Crippen LogP contribution in [0.1, 0.15) is 24.8 Å². The predicted octanol–water partition coefficient (Wildman–Crippen LogP) is 2.88. The van der Waals surface area contributed by atoms with E-state index in [1.165, 1.54) is 6.07 Å². The molecule has 0 bridgehead atoms. The van der Waals surface area contributed by atoms with Gasteiger partial charge in [-0.3, -0.25) is 4.79 Å². The van der Waals surface area contributed by atoms with Crippen molar-refractivity contribution in [2.75, 3.05) is 18.4 Å². The van der Waals surface area contributed by atoms with Crippen molar-refractivity contribution >= 4 is 24.0 Å². The first-order valence-corrected chi connectivity index (χ1v) is 6.42. The number of rotatable bonds is 4. The van der Waals surface area contributed by atoms with Gasteiger partial charge in [0.2, 0.25) is 5.91 Å². The van der Waals surface area contributed by atoms with Gasteiger partial charge in [0.05, 0.1) is 0 Å². The third-order valence-corrected chi connectivity index (χ3v) is 3.48. The second-order valence-corrected chi connectivity index (χ2v) is 4.86. The number of hydrogen-bond acceptors (Lipinski definition) is 2. The molecule has 1 aromatic carbocycles. The van der Waals surface area contributed by atoms with E-state index in [0.29, 0.717) is 23.6 Å². The van der Waals surface area contributed by atoms with Crippen molar-refractivity contribution in [3.63, 3.8) is 0 Å². The second-order valence-electron chi connectivity index (χ2n) is 4.86. The van der Waals surface area contributed by atoms with E-state index in [9.17, 15) is 9.18 Å². The van der Waals surface area contributed by atoms with Gasteiger partial charge >= 0.3 is 0 Å². The molecule has 0 radical (unpaired) electrons. The molecule has 1 aromatic rings. The van der Waals surface area contributed by atoms with Crippen LogP contribution in [-0.2, 0) is 4.79 Å². The van der Waals surface area contributed by atoms with Gasteiger partial charge in [0.25, 0.3) is 0 Å². The summed E-state index contributed by atoms with van der Waals surface area (Å²) in [7, 11) is 0. The fourth-order valence-corrected chi connectivity index (χ4v) is 2.25. The summed E-state index contributed by atoms with van der Waals surface area (Å²) in [6.45, 7) is 3.73. The molecule has 1 heterocycles. The van der Waals surface area contributed by atoms with Crippen LogP contribution in [0, 0.1) is 18.7 Å². The minimum atomic E-state index is -0.284. The van der Waals surface area contributed by atoms with Gasteiger partial charge in [0.15, 0.2) is 0 Å². The SMILES string of the molecule is Cc1c(F)cccc1NC(=O)CCC1CCNC1.Cl. The zero-order valence-corrected chi connectivity index (χ0v) is 11.9. The molecular formula is C14H20ClFN2O. The Hall–Kier alpha value is -1.13. The lowest BCUT2D eigenvalue weighted by Crippen LogP contribution is -2.15. The molecule has 1 fully saturated rings. The third-order valence-electron chi connectivity index (χ3n) is 3.48. The van der Waals surface area contributed by atoms with E-state index in [0.717, 1.165) is 25.9 Å². The van der Waals surface area contributed by atoms with Crippen LogP contribution in [0.2, 0.25) is 0 Å². The Kier molecular flexibility index (Phi) is 6.25. The Morgan fingerprint density at radius 3 is 3.00 bits per heavy atom. The zero-order chi connectivity index (χ0) is 13.0. The molecule has 2 rings (SSSR count). The smallest absolute Gasteiger partial charge is 0.224 e. The maximum absolute atomic E-state index is 13.3. The monoisotopic (exact) mass is 286 g/mol. The highest BCUT2D eigenvalue weighted by Crippen LogP contribution is 2.19. The van der Waals surface area contributed by atoms with Gasteiger partial charge in [-0.2, -0.15) is 0 Å². The van der Waals surface area contributed by atoms with E-state index in [1.54, 1.807) is 19.1 Å². The minimum Gasteiger partial charge on any atom is -0.326 e. The molecule has 1 amide bonds. The first-order chi connectivity index (χ1) is 8.66. The Balaban J connectivity index is 0.00000180. The number of halogens is 2. The van der Waals surface area contributed by atoms with E-state index in [1.807, 2.05) is 0 Å². The summed E-state index contributed by atoms with van der Waals surface area (Å²) in [5, 5.41) is 6.06. The van der Waals surface area contributed by atoms with Crippen LogP contribution in [0.25, 0.3) is 0 Å². The number of amides is 1. The number of nitrogens with one attached hydrogen (secondary N) is 2. The van der Waals surface area contributed by atoms with Crippen LogP contribution in [-0.4, -0.2) is 19.0 Å². The maximum Gasteiger partial charge on any atom is 0.224 e. The highest BCUT2D eigenvalue weighted by molar-refractivity contribution is 5.91. The van der Waals surface area contributed by atoms with Gasteiger partial charge in [0, 0.05) is 17.7 Å². The molecule has 1 saturated heterocycles. The van der Waals surface area contributed by atoms with Gasteiger partial charge in [-0.25, -0.2) is 4.39 Å². The molecule has 106 valence electrons. The van der Waals surface area contributed by atoms with Crippen LogP contribution < -0.4 is 10.6 Å². The van der Waals surface area contributed by atoms with Crippen LogP contribution in [0.4, 0.5) is 10.1 Å². The summed E-state index contributed by atoms with van der Waals surface area (Å²) in [6.07, 6.45) is 2.54. The molecule has 0 spiro atoms. The van der Waals surface area contributed by atoms with Crippen molar-refractivity contribution in [1.29, 1.82) is 0 Å². The molecule has 1 unspecified atom stereocenters. The molecule has 3 nitrogen and oxygen atoms in total. The summed E-state index contributed by atoms with van der Waals surface area (Å²) in [4.78, 5) is 11.8. The fourth-order valence-electron chi connectivity index (χ4n) is 2.25. The number of carbonyl (C=O) groups is 1. The summed E-state index contributed by atoms with van der Waals surface area (Å²) in [6, 6.07) is 4.74. The zero-order valence-electron chi connectivity index (χ0n) is 11.0. The molecule has 19 heavy (non-hydrogen) atoms. The topological polar surface area (TPSA) is 41.1 Å². The quantitative estimate of drug-likeness (QED) is 0.894. The molecular weight excluding hydrogens is 267 g/mol. The molecule has 0 aromatic heterocycles. The number of carbonyl (C=O) groups excluding carboxylic acids is 1. The van der Waals surface area contributed by atoms with Crippen LogP contribution in [0.3, 0.4) is 0 Å². The summed E-state index contributed by atoms with van der Waals surface area (Å²) < 4.78 is 13.3. The van der Waals surface area contributed by atoms with E-state index < -0.39 is 0 Å².